The average Bonchev–Trinajstić information content (AvgIpc) is 2.33. The van der Waals surface area contributed by atoms with E-state index in [-0.39, 0.29) is 0 Å². The van der Waals surface area contributed by atoms with E-state index in [1.807, 2.05) is 11.8 Å². The summed E-state index contributed by atoms with van der Waals surface area (Å²) in [6.45, 7) is 7.60. The maximum absolute atomic E-state index is 4.59. The van der Waals surface area contributed by atoms with Gasteiger partial charge in [-0.05, 0) is 29.5 Å². The molecule has 0 aromatic heterocycles. The Morgan fingerprint density at radius 1 is 1.29 bits per heavy atom. The molecule has 1 aromatic rings. The van der Waals surface area contributed by atoms with E-state index in [2.05, 4.69) is 55.3 Å². The summed E-state index contributed by atoms with van der Waals surface area (Å²) in [4.78, 5) is 4.59. The molecule has 1 N–H and O–H groups in total. The number of aryl methyl sites for hydroxylation is 1. The molecule has 0 fully saturated rings. The first kappa shape index (κ1) is 12.5. The van der Waals surface area contributed by atoms with Crippen LogP contribution in [-0.4, -0.2) is 17.5 Å². The molecule has 1 aliphatic rings. The predicted octanol–water partition coefficient (Wildman–Crippen LogP) is 3.79. The van der Waals surface area contributed by atoms with Crippen LogP contribution in [0.4, 0.5) is 5.69 Å². The first-order valence-corrected chi connectivity index (χ1v) is 7.11. The molecule has 0 saturated carbocycles. The maximum Gasteiger partial charge on any atom is 0.161 e. The summed E-state index contributed by atoms with van der Waals surface area (Å²) in [5, 5.41) is 4.43. The topological polar surface area (TPSA) is 24.4 Å². The lowest BCUT2D eigenvalue weighted by Gasteiger charge is -2.27. The summed E-state index contributed by atoms with van der Waals surface area (Å²) >= 11 is 1.81. The quantitative estimate of drug-likeness (QED) is 0.861. The van der Waals surface area contributed by atoms with Gasteiger partial charge in [-0.3, -0.25) is 4.99 Å². The molecule has 17 heavy (non-hydrogen) atoms. The Labute approximate surface area is 108 Å². The summed E-state index contributed by atoms with van der Waals surface area (Å²) in [5.74, 6) is 1.13. The molecule has 2 rings (SSSR count). The summed E-state index contributed by atoms with van der Waals surface area (Å²) < 4.78 is 0. The van der Waals surface area contributed by atoms with Gasteiger partial charge in [0.2, 0.25) is 0 Å². The Balaban J connectivity index is 1.99. The van der Waals surface area contributed by atoms with Gasteiger partial charge >= 0.3 is 0 Å². The monoisotopic (exact) mass is 248 g/mol. The average molecular weight is 248 g/mol. The van der Waals surface area contributed by atoms with Crippen LogP contribution in [0.25, 0.3) is 0 Å². The van der Waals surface area contributed by atoms with Gasteiger partial charge in [-0.15, -0.1) is 0 Å². The summed E-state index contributed by atoms with van der Waals surface area (Å²) in [6.07, 6.45) is 1.09. The predicted molar refractivity (Wildman–Crippen MR) is 78.0 cm³/mol. The van der Waals surface area contributed by atoms with E-state index in [1.54, 1.807) is 0 Å². The molecule has 0 unspecified atom stereocenters. The third-order valence-electron chi connectivity index (χ3n) is 2.86. The molecule has 0 spiro atoms. The first-order valence-electron chi connectivity index (χ1n) is 6.12. The molecule has 3 heteroatoms. The van der Waals surface area contributed by atoms with Crippen molar-refractivity contribution in [3.8, 4) is 0 Å². The fourth-order valence-corrected chi connectivity index (χ4v) is 2.63. The third kappa shape index (κ3) is 3.50. The largest absolute Gasteiger partial charge is 0.335 e. The van der Waals surface area contributed by atoms with Gasteiger partial charge < -0.3 is 5.32 Å². The molecule has 2 nitrogen and oxygen atoms in total. The van der Waals surface area contributed by atoms with E-state index in [0.717, 1.165) is 29.6 Å². The van der Waals surface area contributed by atoms with Crippen molar-refractivity contribution in [3.05, 3.63) is 29.8 Å². The van der Waals surface area contributed by atoms with E-state index in [1.165, 1.54) is 5.56 Å². The molecular weight excluding hydrogens is 228 g/mol. The number of hydrogen-bond donors (Lipinski definition) is 1. The highest BCUT2D eigenvalue weighted by Gasteiger charge is 2.23. The van der Waals surface area contributed by atoms with Crippen molar-refractivity contribution in [1.82, 2.24) is 0 Å². The number of amidine groups is 1. The number of nitrogens with zero attached hydrogens (tertiary/aromatic N) is 1. The number of benzene rings is 1. The van der Waals surface area contributed by atoms with Crippen molar-refractivity contribution in [2.75, 3.05) is 17.6 Å². The van der Waals surface area contributed by atoms with Gasteiger partial charge in [-0.2, -0.15) is 0 Å². The Morgan fingerprint density at radius 2 is 2.00 bits per heavy atom. The number of nitrogens with one attached hydrogen (secondary N) is 1. The van der Waals surface area contributed by atoms with Gasteiger partial charge in [0, 0.05) is 18.0 Å². The molecule has 0 saturated heterocycles. The minimum absolute atomic E-state index is 0.335. The standard InChI is InChI=1S/C14H20N2S/c1-4-11-5-7-12(8-6-11)16-13-15-9-14(2,3)10-17-13/h5-8H,4,9-10H2,1-3H3,(H,15,16). The molecule has 0 bridgehead atoms. The van der Waals surface area contributed by atoms with Crippen molar-refractivity contribution in [3.63, 3.8) is 0 Å². The third-order valence-corrected chi connectivity index (χ3v) is 4.29. The molecule has 1 aromatic carbocycles. The summed E-state index contributed by atoms with van der Waals surface area (Å²) in [7, 11) is 0. The fourth-order valence-electron chi connectivity index (χ4n) is 1.66. The van der Waals surface area contributed by atoms with E-state index in [4.69, 9.17) is 0 Å². The molecule has 1 heterocycles. The van der Waals surface area contributed by atoms with Gasteiger partial charge in [-0.1, -0.05) is 44.7 Å². The molecule has 92 valence electrons. The highest BCUT2D eigenvalue weighted by molar-refractivity contribution is 8.14. The van der Waals surface area contributed by atoms with Crippen molar-refractivity contribution >= 4 is 22.6 Å². The van der Waals surface area contributed by atoms with Crippen LogP contribution in [0.2, 0.25) is 0 Å². The van der Waals surface area contributed by atoms with Crippen LogP contribution in [0.3, 0.4) is 0 Å². The molecule has 0 aliphatic carbocycles. The number of hydrogen-bond acceptors (Lipinski definition) is 3. The number of anilines is 1. The minimum atomic E-state index is 0.335. The molecule has 0 amide bonds. The van der Waals surface area contributed by atoms with Crippen LogP contribution in [0.1, 0.15) is 26.3 Å². The Morgan fingerprint density at radius 3 is 2.53 bits per heavy atom. The van der Waals surface area contributed by atoms with Crippen LogP contribution in [0.5, 0.6) is 0 Å². The zero-order chi connectivity index (χ0) is 12.3. The van der Waals surface area contributed by atoms with E-state index in [0.29, 0.717) is 5.41 Å². The minimum Gasteiger partial charge on any atom is -0.335 e. The zero-order valence-corrected chi connectivity index (χ0v) is 11.6. The summed E-state index contributed by atoms with van der Waals surface area (Å²) in [6, 6.07) is 8.59. The molecule has 1 aliphatic heterocycles. The lowest BCUT2D eigenvalue weighted by Crippen LogP contribution is -2.27. The second-order valence-corrected chi connectivity index (χ2v) is 6.21. The second kappa shape index (κ2) is 5.13. The van der Waals surface area contributed by atoms with Crippen molar-refractivity contribution in [2.45, 2.75) is 27.2 Å². The number of aliphatic imine (C=N–C) groups is 1. The highest BCUT2D eigenvalue weighted by atomic mass is 32.2. The zero-order valence-electron chi connectivity index (χ0n) is 10.8. The smallest absolute Gasteiger partial charge is 0.161 e. The van der Waals surface area contributed by atoms with Gasteiger partial charge in [0.15, 0.2) is 5.17 Å². The lowest BCUT2D eigenvalue weighted by atomic mass is 9.97. The number of thioether (sulfide) groups is 1. The van der Waals surface area contributed by atoms with Crippen LogP contribution < -0.4 is 5.32 Å². The number of rotatable bonds is 2. The van der Waals surface area contributed by atoms with Crippen molar-refractivity contribution in [2.24, 2.45) is 10.4 Å². The second-order valence-electron chi connectivity index (χ2n) is 5.25. The normalized spacial score (nSPS) is 18.6. The van der Waals surface area contributed by atoms with Crippen LogP contribution in [0, 0.1) is 5.41 Å². The van der Waals surface area contributed by atoms with E-state index in [9.17, 15) is 0 Å². The van der Waals surface area contributed by atoms with Crippen molar-refractivity contribution in [1.29, 1.82) is 0 Å². The van der Waals surface area contributed by atoms with Crippen LogP contribution in [0.15, 0.2) is 29.3 Å². The van der Waals surface area contributed by atoms with E-state index < -0.39 is 0 Å². The summed E-state index contributed by atoms with van der Waals surface area (Å²) in [5.41, 5.74) is 2.84. The van der Waals surface area contributed by atoms with Gasteiger partial charge in [0.05, 0.1) is 0 Å². The molecular formula is C14H20N2S. The Bertz CT molecular complexity index is 407. The highest BCUT2D eigenvalue weighted by Crippen LogP contribution is 2.28. The maximum atomic E-state index is 4.59. The molecule has 0 atom stereocenters. The van der Waals surface area contributed by atoms with Gasteiger partial charge in [-0.25, -0.2) is 0 Å². The Hall–Kier alpha value is -0.960. The SMILES string of the molecule is CCc1ccc(NC2=NCC(C)(C)CS2)cc1. The van der Waals surface area contributed by atoms with Gasteiger partial charge in [0.1, 0.15) is 0 Å². The first-order chi connectivity index (χ1) is 8.09. The lowest BCUT2D eigenvalue weighted by molar-refractivity contribution is 0.438. The molecule has 0 radical (unpaired) electrons. The van der Waals surface area contributed by atoms with Crippen LogP contribution in [-0.2, 0) is 6.42 Å². The van der Waals surface area contributed by atoms with E-state index >= 15 is 0 Å². The van der Waals surface area contributed by atoms with Gasteiger partial charge in [0.25, 0.3) is 0 Å². The van der Waals surface area contributed by atoms with Crippen LogP contribution >= 0.6 is 11.8 Å². The fraction of sp³-hybridized carbons (Fsp3) is 0.500. The Kier molecular flexibility index (Phi) is 3.77. The van der Waals surface area contributed by atoms with Crippen molar-refractivity contribution < 1.29 is 0 Å².